The van der Waals surface area contributed by atoms with Gasteiger partial charge in [0.15, 0.2) is 0 Å². The molecule has 0 aliphatic rings. The van der Waals surface area contributed by atoms with Crippen molar-refractivity contribution in [2.45, 2.75) is 24.9 Å². The minimum absolute atomic E-state index is 0.0132. The van der Waals surface area contributed by atoms with E-state index in [4.69, 9.17) is 11.5 Å². The van der Waals surface area contributed by atoms with Crippen LogP contribution in [0.2, 0.25) is 0 Å². The van der Waals surface area contributed by atoms with Gasteiger partial charge < -0.3 is 11.5 Å². The zero-order valence-corrected chi connectivity index (χ0v) is 11.7. The summed E-state index contributed by atoms with van der Waals surface area (Å²) in [6.45, 7) is 0. The highest BCUT2D eigenvalue weighted by atomic mass is 14.6. The lowest BCUT2D eigenvalue weighted by molar-refractivity contribution is 0.771. The zero-order valence-electron chi connectivity index (χ0n) is 11.7. The Morgan fingerprint density at radius 1 is 0.650 bits per heavy atom. The predicted octanol–water partition coefficient (Wildman–Crippen LogP) is 2.68. The van der Waals surface area contributed by atoms with E-state index in [0.717, 1.165) is 12.8 Å². The molecule has 0 heterocycles. The Morgan fingerprint density at radius 3 is 1.35 bits per heavy atom. The molecule has 0 radical (unpaired) electrons. The van der Waals surface area contributed by atoms with Gasteiger partial charge in [0.25, 0.3) is 0 Å². The van der Waals surface area contributed by atoms with E-state index in [0.29, 0.717) is 0 Å². The highest BCUT2D eigenvalue weighted by Crippen LogP contribution is 2.05. The second kappa shape index (κ2) is 7.63. The largest absolute Gasteiger partial charge is 0.324 e. The molecule has 104 valence electrons. The monoisotopic (exact) mass is 266 g/mol. The Hall–Kier alpha value is -1.90. The van der Waals surface area contributed by atoms with E-state index in [1.807, 2.05) is 48.6 Å². The Labute approximate surface area is 121 Å². The molecule has 2 heteroatoms. The molecule has 0 saturated carbocycles. The van der Waals surface area contributed by atoms with Gasteiger partial charge in [-0.15, -0.1) is 0 Å². The Morgan fingerprint density at radius 2 is 1.00 bits per heavy atom. The molecule has 0 spiro atoms. The fraction of sp³-hybridized carbons (Fsp3) is 0.222. The molecule has 2 aromatic rings. The first-order chi connectivity index (χ1) is 9.74. The molecule has 0 aliphatic carbocycles. The summed E-state index contributed by atoms with van der Waals surface area (Å²) in [6, 6.07) is 20.6. The van der Waals surface area contributed by atoms with E-state index >= 15 is 0 Å². The Balaban J connectivity index is 1.82. The van der Waals surface area contributed by atoms with Crippen molar-refractivity contribution >= 4 is 0 Å². The molecule has 20 heavy (non-hydrogen) atoms. The van der Waals surface area contributed by atoms with Crippen LogP contribution in [0.15, 0.2) is 72.8 Å². The lowest BCUT2D eigenvalue weighted by atomic mass is 10.0. The molecular weight excluding hydrogens is 244 g/mol. The third-order valence-electron chi connectivity index (χ3n) is 3.23. The molecular formula is C18H22N2. The SMILES string of the molecule is N[C@H](/C=C/[C@@H](N)Cc1ccccc1)Cc1ccccc1. The van der Waals surface area contributed by atoms with Crippen molar-refractivity contribution in [2.75, 3.05) is 0 Å². The fourth-order valence-corrected chi connectivity index (χ4v) is 2.19. The van der Waals surface area contributed by atoms with Gasteiger partial charge in [0, 0.05) is 12.1 Å². The van der Waals surface area contributed by atoms with Crippen LogP contribution >= 0.6 is 0 Å². The maximum absolute atomic E-state index is 6.11. The fourth-order valence-electron chi connectivity index (χ4n) is 2.19. The third kappa shape index (κ3) is 5.00. The van der Waals surface area contributed by atoms with Gasteiger partial charge in [0.1, 0.15) is 0 Å². The number of hydrogen-bond acceptors (Lipinski definition) is 2. The summed E-state index contributed by atoms with van der Waals surface area (Å²) in [5.74, 6) is 0. The van der Waals surface area contributed by atoms with Gasteiger partial charge in [-0.25, -0.2) is 0 Å². The Bertz CT molecular complexity index is 470. The van der Waals surface area contributed by atoms with Crippen molar-refractivity contribution in [1.82, 2.24) is 0 Å². The van der Waals surface area contributed by atoms with Gasteiger partial charge >= 0.3 is 0 Å². The maximum atomic E-state index is 6.11. The van der Waals surface area contributed by atoms with E-state index in [-0.39, 0.29) is 12.1 Å². The summed E-state index contributed by atoms with van der Waals surface area (Å²) in [5, 5.41) is 0. The molecule has 2 aromatic carbocycles. The molecule has 0 fully saturated rings. The highest BCUT2D eigenvalue weighted by molar-refractivity contribution is 5.19. The van der Waals surface area contributed by atoms with Crippen molar-refractivity contribution in [1.29, 1.82) is 0 Å². The summed E-state index contributed by atoms with van der Waals surface area (Å²) < 4.78 is 0. The number of benzene rings is 2. The van der Waals surface area contributed by atoms with E-state index in [9.17, 15) is 0 Å². The van der Waals surface area contributed by atoms with Crippen molar-refractivity contribution in [3.63, 3.8) is 0 Å². The van der Waals surface area contributed by atoms with Crippen LogP contribution in [0.3, 0.4) is 0 Å². The van der Waals surface area contributed by atoms with Gasteiger partial charge in [-0.05, 0) is 24.0 Å². The first-order valence-electron chi connectivity index (χ1n) is 7.01. The van der Waals surface area contributed by atoms with E-state index < -0.39 is 0 Å². The summed E-state index contributed by atoms with van der Waals surface area (Å²) in [5.41, 5.74) is 14.7. The van der Waals surface area contributed by atoms with Gasteiger partial charge in [-0.2, -0.15) is 0 Å². The van der Waals surface area contributed by atoms with Crippen LogP contribution in [0.4, 0.5) is 0 Å². The molecule has 2 nitrogen and oxygen atoms in total. The summed E-state index contributed by atoms with van der Waals surface area (Å²) >= 11 is 0. The molecule has 0 amide bonds. The number of hydrogen-bond donors (Lipinski definition) is 2. The van der Waals surface area contributed by atoms with Crippen LogP contribution in [-0.2, 0) is 12.8 Å². The molecule has 2 rings (SSSR count). The van der Waals surface area contributed by atoms with Crippen LogP contribution in [0, 0.1) is 0 Å². The standard InChI is InChI=1S/C18H22N2/c19-17(13-15-7-3-1-4-8-15)11-12-18(20)14-16-9-5-2-6-10-16/h1-12,17-18H,13-14,19-20H2/b12-11+/t17-,18-/m1/s1. The average molecular weight is 266 g/mol. The summed E-state index contributed by atoms with van der Waals surface area (Å²) in [7, 11) is 0. The van der Waals surface area contributed by atoms with Crippen LogP contribution in [0.25, 0.3) is 0 Å². The second-order valence-electron chi connectivity index (χ2n) is 5.09. The third-order valence-corrected chi connectivity index (χ3v) is 3.23. The minimum atomic E-state index is 0.0132. The first-order valence-corrected chi connectivity index (χ1v) is 7.01. The molecule has 0 saturated heterocycles. The van der Waals surface area contributed by atoms with Gasteiger partial charge in [-0.3, -0.25) is 0 Å². The smallest absolute Gasteiger partial charge is 0.0265 e. The van der Waals surface area contributed by atoms with Crippen LogP contribution in [-0.4, -0.2) is 12.1 Å². The minimum Gasteiger partial charge on any atom is -0.324 e. The van der Waals surface area contributed by atoms with Crippen LogP contribution in [0.1, 0.15) is 11.1 Å². The van der Waals surface area contributed by atoms with Crippen molar-refractivity contribution < 1.29 is 0 Å². The average Bonchev–Trinajstić information content (AvgIpc) is 2.47. The predicted molar refractivity (Wildman–Crippen MR) is 85.4 cm³/mol. The van der Waals surface area contributed by atoms with Crippen LogP contribution in [0.5, 0.6) is 0 Å². The molecule has 2 atom stereocenters. The summed E-state index contributed by atoms with van der Waals surface area (Å²) in [6.07, 6.45) is 5.71. The van der Waals surface area contributed by atoms with Crippen molar-refractivity contribution in [2.24, 2.45) is 11.5 Å². The first kappa shape index (κ1) is 14.5. The van der Waals surface area contributed by atoms with E-state index in [1.165, 1.54) is 11.1 Å². The number of nitrogens with two attached hydrogens (primary N) is 2. The molecule has 0 unspecified atom stereocenters. The second-order valence-corrected chi connectivity index (χ2v) is 5.09. The molecule has 0 bridgehead atoms. The van der Waals surface area contributed by atoms with E-state index in [2.05, 4.69) is 24.3 Å². The van der Waals surface area contributed by atoms with Gasteiger partial charge in [0.05, 0.1) is 0 Å². The maximum Gasteiger partial charge on any atom is 0.0265 e. The van der Waals surface area contributed by atoms with E-state index in [1.54, 1.807) is 0 Å². The van der Waals surface area contributed by atoms with Crippen molar-refractivity contribution in [3.05, 3.63) is 83.9 Å². The van der Waals surface area contributed by atoms with Crippen molar-refractivity contribution in [3.8, 4) is 0 Å². The quantitative estimate of drug-likeness (QED) is 0.790. The summed E-state index contributed by atoms with van der Waals surface area (Å²) in [4.78, 5) is 0. The normalized spacial score (nSPS) is 14.3. The number of rotatable bonds is 6. The molecule has 4 N–H and O–H groups in total. The highest BCUT2D eigenvalue weighted by Gasteiger charge is 2.02. The van der Waals surface area contributed by atoms with Gasteiger partial charge in [-0.1, -0.05) is 72.8 Å². The van der Waals surface area contributed by atoms with Crippen LogP contribution < -0.4 is 11.5 Å². The van der Waals surface area contributed by atoms with Gasteiger partial charge in [0.2, 0.25) is 0 Å². The lowest BCUT2D eigenvalue weighted by Crippen LogP contribution is -2.24. The topological polar surface area (TPSA) is 52.0 Å². The molecule has 0 aliphatic heterocycles. The Kier molecular flexibility index (Phi) is 5.54. The zero-order chi connectivity index (χ0) is 14.2. The lowest BCUT2D eigenvalue weighted by Gasteiger charge is -2.10. The molecule has 0 aromatic heterocycles.